The monoisotopic (exact) mass is 516 g/mol. The minimum absolute atomic E-state index is 0.754. The Morgan fingerprint density at radius 2 is 0.562 bits per heavy atom. The van der Waals surface area contributed by atoms with Crippen LogP contribution in [0, 0.1) is 0 Å². The van der Waals surface area contributed by atoms with Gasteiger partial charge in [0.05, 0.1) is 0 Å². The predicted molar refractivity (Wildman–Crippen MR) is 136 cm³/mol. The molecule has 0 fully saturated rings. The van der Waals surface area contributed by atoms with E-state index in [4.69, 9.17) is 0 Å². The van der Waals surface area contributed by atoms with Gasteiger partial charge in [0, 0.05) is 0 Å². The van der Waals surface area contributed by atoms with Gasteiger partial charge in [0.2, 0.25) is 0 Å². The van der Waals surface area contributed by atoms with E-state index < -0.39 is 7.81 Å². The van der Waals surface area contributed by atoms with Gasteiger partial charge in [0.15, 0.2) is 0 Å². The van der Waals surface area contributed by atoms with E-state index in [1.54, 1.807) is 17.3 Å². The average molecular weight is 517 g/mol. The van der Waals surface area contributed by atoms with Gasteiger partial charge in [-0.1, -0.05) is 97.8 Å². The molecule has 0 amide bonds. The summed E-state index contributed by atoms with van der Waals surface area (Å²) < 4.78 is 59.2. The number of rotatable bonds is 21. The molecule has 0 bridgehead atoms. The van der Waals surface area contributed by atoms with E-state index >= 15 is 0 Å². The van der Waals surface area contributed by atoms with Crippen LogP contribution in [0.25, 0.3) is 0 Å². The van der Waals surface area contributed by atoms with Crippen LogP contribution < -0.4 is 0 Å². The molecule has 0 aromatic rings. The molecule has 0 atom stereocenters. The van der Waals surface area contributed by atoms with Crippen molar-refractivity contribution in [2.45, 2.75) is 136 Å². The summed E-state index contributed by atoms with van der Waals surface area (Å²) >= 11 is 0. The van der Waals surface area contributed by atoms with Crippen LogP contribution in [-0.4, -0.2) is 17.3 Å². The van der Waals surface area contributed by atoms with Crippen LogP contribution in [0.4, 0.5) is 25.2 Å². The Bertz CT molecular complexity index is 374. The summed E-state index contributed by atoms with van der Waals surface area (Å²) in [5, 5.41) is 0. The summed E-state index contributed by atoms with van der Waals surface area (Å²) in [6, 6.07) is 0. The molecule has 8 heteroatoms. The van der Waals surface area contributed by atoms with Crippen molar-refractivity contribution in [3.05, 3.63) is 0 Å². The summed E-state index contributed by atoms with van der Waals surface area (Å²) in [6.07, 6.45) is 26.4. The second-order valence-corrected chi connectivity index (χ2v) is 13.4. The average Bonchev–Trinajstić information content (AvgIpc) is 2.66. The number of hydrogen-bond acceptors (Lipinski definition) is 0. The van der Waals surface area contributed by atoms with E-state index in [2.05, 4.69) is 20.8 Å². The molecule has 200 valence electrons. The molecule has 0 N–H and O–H groups in total. The van der Waals surface area contributed by atoms with Crippen LogP contribution in [0.2, 0.25) is 0 Å². The predicted octanol–water partition coefficient (Wildman–Crippen LogP) is 12.1. The first-order valence-corrected chi connectivity index (χ1v) is 16.8. The van der Waals surface area contributed by atoms with Crippen molar-refractivity contribution < 1.29 is 25.2 Å². The van der Waals surface area contributed by atoms with Crippen molar-refractivity contribution >= 4 is 18.7 Å². The van der Waals surface area contributed by atoms with Crippen molar-refractivity contribution in [3.8, 4) is 0 Å². The summed E-state index contributed by atoms with van der Waals surface area (Å²) in [6.45, 7) is 6.96. The van der Waals surface area contributed by atoms with E-state index in [1.165, 1.54) is 116 Å². The van der Waals surface area contributed by atoms with E-state index in [-0.39, 0.29) is 0 Å². The summed E-state index contributed by atoms with van der Waals surface area (Å²) in [5.74, 6) is 4.65. The molecule has 0 aromatic carbocycles. The van der Waals surface area contributed by atoms with Gasteiger partial charge in [0.1, 0.15) is 17.3 Å². The Labute approximate surface area is 197 Å². The Hall–Kier alpha value is 0.360. The Morgan fingerprint density at radius 3 is 0.781 bits per heavy atom. The fourth-order valence-corrected chi connectivity index (χ4v) is 6.02. The first-order chi connectivity index (χ1) is 14.8. The second kappa shape index (κ2) is 18.7. The van der Waals surface area contributed by atoms with Crippen LogP contribution in [0.1, 0.15) is 136 Å². The number of halogens is 6. The summed E-state index contributed by atoms with van der Waals surface area (Å²) in [4.78, 5) is 0. The van der Waals surface area contributed by atoms with Crippen molar-refractivity contribution in [1.82, 2.24) is 0 Å². The molecule has 0 nitrogen and oxygen atoms in total. The zero-order valence-electron chi connectivity index (χ0n) is 21.0. The van der Waals surface area contributed by atoms with Gasteiger partial charge in [-0.15, -0.1) is 0 Å². The van der Waals surface area contributed by atoms with Gasteiger partial charge in [0.25, 0.3) is 0 Å². The molecule has 0 rings (SSSR count). The van der Waals surface area contributed by atoms with Crippen molar-refractivity contribution in [2.24, 2.45) is 0 Å². The van der Waals surface area contributed by atoms with E-state index in [0.717, 1.165) is 10.9 Å². The zero-order chi connectivity index (χ0) is 24.8. The molecule has 0 saturated carbocycles. The topological polar surface area (TPSA) is 0 Å². The molecule has 0 aliphatic rings. The van der Waals surface area contributed by atoms with E-state index in [0.29, 0.717) is 0 Å². The van der Waals surface area contributed by atoms with Gasteiger partial charge < -0.3 is 0 Å². The molecule has 0 aromatic heterocycles. The third kappa shape index (κ3) is 44.1. The third-order valence-corrected chi connectivity index (χ3v) is 7.96. The van der Waals surface area contributed by atoms with Crippen LogP contribution >= 0.6 is 7.81 Å². The van der Waals surface area contributed by atoms with Crippen LogP contribution in [0.3, 0.4) is 0 Å². The Kier molecular flexibility index (Phi) is 20.1. The van der Waals surface area contributed by atoms with Crippen molar-refractivity contribution in [2.75, 3.05) is 17.3 Å². The molecule has 0 aliphatic carbocycles. The quantitative estimate of drug-likeness (QED) is 0.0616. The van der Waals surface area contributed by atoms with Gasteiger partial charge in [-0.3, -0.25) is 0 Å². The SMILES string of the molecule is CCCCCCCCCC[S+](CCCCCCC)CCCCCCC.F[P-](F)(F)(F)(F)F. The van der Waals surface area contributed by atoms with E-state index in [9.17, 15) is 25.2 Å². The molecule has 0 heterocycles. The van der Waals surface area contributed by atoms with Crippen LogP contribution in [0.15, 0.2) is 0 Å². The first-order valence-electron chi connectivity index (χ1n) is 13.0. The Morgan fingerprint density at radius 1 is 0.375 bits per heavy atom. The molecule has 0 saturated heterocycles. The molecule has 0 spiro atoms. The number of unbranched alkanes of at least 4 members (excludes halogenated alkanes) is 15. The van der Waals surface area contributed by atoms with Gasteiger partial charge in [-0.2, -0.15) is 0 Å². The Balaban J connectivity index is 0. The molecule has 0 radical (unpaired) electrons. The van der Waals surface area contributed by atoms with Crippen molar-refractivity contribution in [1.29, 1.82) is 0 Å². The molecule has 0 unspecified atom stereocenters. The van der Waals surface area contributed by atoms with E-state index in [1.807, 2.05) is 0 Å². The van der Waals surface area contributed by atoms with Crippen LogP contribution in [0.5, 0.6) is 0 Å². The minimum atomic E-state index is -10.7. The maximum absolute atomic E-state index is 10.7. The summed E-state index contributed by atoms with van der Waals surface area (Å²) in [5.41, 5.74) is 0. The number of hydrogen-bond donors (Lipinski definition) is 0. The van der Waals surface area contributed by atoms with Gasteiger partial charge in [-0.05, 0) is 49.4 Å². The molecule has 32 heavy (non-hydrogen) atoms. The standard InChI is InChI=1S/C24H51S.F6P/c1-4-7-10-13-14-15-18-21-24-25(22-19-16-11-8-5-2)23-20-17-12-9-6-3;1-7(2,3,4,5)6/h4-24H2,1-3H3;/q+1;-1. The van der Waals surface area contributed by atoms with Crippen molar-refractivity contribution in [3.63, 3.8) is 0 Å². The fourth-order valence-electron chi connectivity index (χ4n) is 3.57. The summed E-state index contributed by atoms with van der Waals surface area (Å²) in [7, 11) is -9.90. The van der Waals surface area contributed by atoms with Crippen LogP contribution in [-0.2, 0) is 10.9 Å². The van der Waals surface area contributed by atoms with Gasteiger partial charge >= 0.3 is 33.0 Å². The third-order valence-electron chi connectivity index (χ3n) is 5.36. The normalized spacial score (nSPS) is 14.1. The second-order valence-electron chi connectivity index (χ2n) is 8.99. The fraction of sp³-hybridized carbons (Fsp3) is 1.00. The zero-order valence-corrected chi connectivity index (χ0v) is 22.7. The molecule has 0 aliphatic heterocycles. The molecular formula is C24H51F6PS. The maximum atomic E-state index is 9.87. The first kappa shape index (κ1) is 34.5. The molecular weight excluding hydrogens is 465 g/mol. The van der Waals surface area contributed by atoms with Gasteiger partial charge in [-0.25, -0.2) is 0 Å².